The van der Waals surface area contributed by atoms with E-state index < -0.39 is 4.92 Å². The monoisotopic (exact) mass is 320 g/mol. The quantitative estimate of drug-likeness (QED) is 0.316. The lowest BCUT2D eigenvalue weighted by molar-refractivity contribution is -0.384. The highest BCUT2D eigenvalue weighted by Crippen LogP contribution is 2.16. The third-order valence-electron chi connectivity index (χ3n) is 3.87. The lowest BCUT2D eigenvalue weighted by Gasteiger charge is -2.05. The lowest BCUT2D eigenvalue weighted by atomic mass is 10.1. The molecule has 5 heteroatoms. The lowest BCUT2D eigenvalue weighted by Crippen LogP contribution is -2.10. The number of hydrogen-bond donors (Lipinski definition) is 1. The van der Waals surface area contributed by atoms with Crippen LogP contribution in [0.5, 0.6) is 0 Å². The van der Waals surface area contributed by atoms with Crippen LogP contribution in [0.25, 0.3) is 0 Å². The van der Waals surface area contributed by atoms with Gasteiger partial charge in [0.25, 0.3) is 5.69 Å². The van der Waals surface area contributed by atoms with Crippen LogP contribution in [0.15, 0.2) is 24.3 Å². The highest BCUT2D eigenvalue weighted by molar-refractivity contribution is 5.90. The highest BCUT2D eigenvalue weighted by Gasteiger charge is 2.06. The topological polar surface area (TPSA) is 72.2 Å². The van der Waals surface area contributed by atoms with Gasteiger partial charge >= 0.3 is 0 Å². The molecule has 0 bridgehead atoms. The molecule has 5 nitrogen and oxygen atoms in total. The second kappa shape index (κ2) is 11.6. The van der Waals surface area contributed by atoms with Crippen molar-refractivity contribution >= 4 is 17.3 Å². The Morgan fingerprint density at radius 1 is 0.957 bits per heavy atom. The van der Waals surface area contributed by atoms with Crippen molar-refractivity contribution in [2.45, 2.75) is 71.1 Å². The van der Waals surface area contributed by atoms with Crippen LogP contribution in [0.3, 0.4) is 0 Å². The summed E-state index contributed by atoms with van der Waals surface area (Å²) < 4.78 is 0. The van der Waals surface area contributed by atoms with E-state index in [0.717, 1.165) is 12.8 Å². The van der Waals surface area contributed by atoms with E-state index in [1.165, 1.54) is 57.1 Å². The van der Waals surface area contributed by atoms with E-state index in [-0.39, 0.29) is 11.6 Å². The van der Waals surface area contributed by atoms with Crippen molar-refractivity contribution in [3.63, 3.8) is 0 Å². The Bertz CT molecular complexity index is 472. The zero-order valence-corrected chi connectivity index (χ0v) is 14.1. The van der Waals surface area contributed by atoms with Crippen molar-refractivity contribution < 1.29 is 9.72 Å². The smallest absolute Gasteiger partial charge is 0.269 e. The van der Waals surface area contributed by atoms with E-state index in [1.807, 2.05) is 0 Å². The van der Waals surface area contributed by atoms with Crippen LogP contribution in [0.2, 0.25) is 0 Å². The SMILES string of the molecule is CCCCCCCCCCCC(=O)Nc1ccc([N+](=O)[O-])cc1. The second-order valence-corrected chi connectivity index (χ2v) is 5.93. The van der Waals surface area contributed by atoms with Crippen LogP contribution in [0.4, 0.5) is 11.4 Å². The number of non-ortho nitro benzene ring substituents is 1. The van der Waals surface area contributed by atoms with Gasteiger partial charge in [0.15, 0.2) is 0 Å². The number of carbonyl (C=O) groups is 1. The van der Waals surface area contributed by atoms with Gasteiger partial charge < -0.3 is 5.32 Å². The molecule has 0 aliphatic rings. The normalized spacial score (nSPS) is 10.5. The van der Waals surface area contributed by atoms with Crippen molar-refractivity contribution in [3.8, 4) is 0 Å². The van der Waals surface area contributed by atoms with Gasteiger partial charge in [-0.25, -0.2) is 0 Å². The molecule has 0 radical (unpaired) electrons. The number of amides is 1. The standard InChI is InChI=1S/C18H28N2O3/c1-2-3-4-5-6-7-8-9-10-11-18(21)19-16-12-14-17(15-13-16)20(22)23/h12-15H,2-11H2,1H3,(H,19,21). The molecule has 0 saturated carbocycles. The Hall–Kier alpha value is -1.91. The van der Waals surface area contributed by atoms with Gasteiger partial charge in [-0.2, -0.15) is 0 Å². The fourth-order valence-corrected chi connectivity index (χ4v) is 2.49. The van der Waals surface area contributed by atoms with Crippen molar-refractivity contribution in [1.82, 2.24) is 0 Å². The molecule has 0 aliphatic carbocycles. The number of rotatable bonds is 12. The van der Waals surface area contributed by atoms with Gasteiger partial charge in [-0.15, -0.1) is 0 Å². The first-order valence-corrected chi connectivity index (χ1v) is 8.67. The molecule has 0 heterocycles. The minimum Gasteiger partial charge on any atom is -0.326 e. The Morgan fingerprint density at radius 3 is 2.00 bits per heavy atom. The Kier molecular flexibility index (Phi) is 9.68. The molecule has 1 rings (SSSR count). The number of carbonyl (C=O) groups excluding carboxylic acids is 1. The van der Waals surface area contributed by atoms with Gasteiger partial charge in [0.05, 0.1) is 4.92 Å². The number of nitro groups is 1. The molecular formula is C18H28N2O3. The maximum atomic E-state index is 11.8. The summed E-state index contributed by atoms with van der Waals surface area (Å²) in [6.45, 7) is 2.22. The van der Waals surface area contributed by atoms with Gasteiger partial charge in [0, 0.05) is 24.2 Å². The van der Waals surface area contributed by atoms with Crippen LogP contribution in [-0.2, 0) is 4.79 Å². The molecular weight excluding hydrogens is 292 g/mol. The van der Waals surface area contributed by atoms with E-state index >= 15 is 0 Å². The zero-order valence-electron chi connectivity index (χ0n) is 14.1. The van der Waals surface area contributed by atoms with E-state index in [1.54, 1.807) is 12.1 Å². The Morgan fingerprint density at radius 2 is 1.48 bits per heavy atom. The first-order chi connectivity index (χ1) is 11.1. The second-order valence-electron chi connectivity index (χ2n) is 5.93. The number of nitrogens with one attached hydrogen (secondary N) is 1. The van der Waals surface area contributed by atoms with Crippen molar-refractivity contribution in [3.05, 3.63) is 34.4 Å². The molecule has 0 atom stereocenters. The summed E-state index contributed by atoms with van der Waals surface area (Å²) in [6, 6.07) is 5.92. The average Bonchev–Trinajstić information content (AvgIpc) is 2.54. The minimum absolute atomic E-state index is 0.0261. The summed E-state index contributed by atoms with van der Waals surface area (Å²) in [7, 11) is 0. The molecule has 0 aliphatic heterocycles. The summed E-state index contributed by atoms with van der Waals surface area (Å²) in [4.78, 5) is 21.9. The van der Waals surface area contributed by atoms with Crippen molar-refractivity contribution in [2.24, 2.45) is 0 Å². The number of nitro benzene ring substituents is 1. The first kappa shape index (κ1) is 19.1. The average molecular weight is 320 g/mol. The van der Waals surface area contributed by atoms with Crippen LogP contribution < -0.4 is 5.32 Å². The van der Waals surface area contributed by atoms with Gasteiger partial charge in [-0.05, 0) is 18.6 Å². The van der Waals surface area contributed by atoms with E-state index in [0.29, 0.717) is 12.1 Å². The fraction of sp³-hybridized carbons (Fsp3) is 0.611. The molecule has 0 fully saturated rings. The minimum atomic E-state index is -0.451. The fourth-order valence-electron chi connectivity index (χ4n) is 2.49. The van der Waals surface area contributed by atoms with Gasteiger partial charge in [0.1, 0.15) is 0 Å². The number of benzene rings is 1. The summed E-state index contributed by atoms with van der Waals surface area (Å²) in [5.74, 6) is -0.0261. The molecule has 128 valence electrons. The Balaban J connectivity index is 2.07. The third kappa shape index (κ3) is 8.96. The first-order valence-electron chi connectivity index (χ1n) is 8.67. The summed E-state index contributed by atoms with van der Waals surface area (Å²) in [5.41, 5.74) is 0.637. The number of anilines is 1. The predicted octanol–water partition coefficient (Wildman–Crippen LogP) is 5.45. The Labute approximate surface area is 138 Å². The highest BCUT2D eigenvalue weighted by atomic mass is 16.6. The van der Waals surface area contributed by atoms with Gasteiger partial charge in [-0.3, -0.25) is 14.9 Å². The molecule has 0 unspecified atom stereocenters. The van der Waals surface area contributed by atoms with Crippen LogP contribution in [0.1, 0.15) is 71.1 Å². The molecule has 0 spiro atoms. The molecule has 1 amide bonds. The van der Waals surface area contributed by atoms with Crippen LogP contribution in [0, 0.1) is 10.1 Å². The molecule has 0 aromatic heterocycles. The molecule has 1 aromatic rings. The van der Waals surface area contributed by atoms with Gasteiger partial charge in [0.2, 0.25) is 5.91 Å². The third-order valence-corrected chi connectivity index (χ3v) is 3.87. The number of unbranched alkanes of at least 4 members (excludes halogenated alkanes) is 8. The molecule has 1 N–H and O–H groups in total. The molecule has 23 heavy (non-hydrogen) atoms. The largest absolute Gasteiger partial charge is 0.326 e. The maximum absolute atomic E-state index is 11.8. The van der Waals surface area contributed by atoms with Crippen LogP contribution >= 0.6 is 0 Å². The predicted molar refractivity (Wildman–Crippen MR) is 93.6 cm³/mol. The zero-order chi connectivity index (χ0) is 16.9. The van der Waals surface area contributed by atoms with Crippen molar-refractivity contribution in [2.75, 3.05) is 5.32 Å². The number of nitrogens with zero attached hydrogens (tertiary/aromatic N) is 1. The molecule has 1 aromatic carbocycles. The van der Waals surface area contributed by atoms with E-state index in [9.17, 15) is 14.9 Å². The van der Waals surface area contributed by atoms with Crippen molar-refractivity contribution in [1.29, 1.82) is 0 Å². The van der Waals surface area contributed by atoms with E-state index in [2.05, 4.69) is 12.2 Å². The summed E-state index contributed by atoms with van der Waals surface area (Å²) in [5, 5.41) is 13.3. The molecule has 0 saturated heterocycles. The summed E-state index contributed by atoms with van der Waals surface area (Å²) in [6.07, 6.45) is 11.5. The van der Waals surface area contributed by atoms with E-state index in [4.69, 9.17) is 0 Å². The summed E-state index contributed by atoms with van der Waals surface area (Å²) >= 11 is 0. The van der Waals surface area contributed by atoms with Crippen LogP contribution in [-0.4, -0.2) is 10.8 Å². The maximum Gasteiger partial charge on any atom is 0.269 e. The number of hydrogen-bond acceptors (Lipinski definition) is 3. The van der Waals surface area contributed by atoms with Gasteiger partial charge in [-0.1, -0.05) is 58.3 Å².